The van der Waals surface area contributed by atoms with E-state index in [0.29, 0.717) is 0 Å². The van der Waals surface area contributed by atoms with Gasteiger partial charge in [-0.1, -0.05) is 166 Å². The number of benzene rings is 10. The molecule has 10 rings (SSSR count). The molecule has 0 fully saturated rings. The van der Waals surface area contributed by atoms with Crippen LogP contribution in [0, 0.1) is 0 Å². The molecule has 0 heteroatoms. The van der Waals surface area contributed by atoms with E-state index in [1.807, 2.05) is 0 Å². The first-order valence-corrected chi connectivity index (χ1v) is 18.1. The zero-order valence-electron chi connectivity index (χ0n) is 29.3. The molecule has 0 heterocycles. The highest BCUT2D eigenvalue weighted by Crippen LogP contribution is 2.42. The van der Waals surface area contributed by atoms with E-state index in [1.54, 1.807) is 0 Å². The van der Waals surface area contributed by atoms with Gasteiger partial charge in [-0.25, -0.2) is 0 Å². The SMILES string of the molecule is CC(C)(C)c1cc2ccc3ccc(-c4ccc5cc(-c6ccc7c(ccc8cc(Cc9ccccc9)ccc87)c6)ccc5c4)c4ccc(c1)c2c34. The van der Waals surface area contributed by atoms with E-state index in [-0.39, 0.29) is 5.41 Å². The van der Waals surface area contributed by atoms with Crippen molar-refractivity contribution < 1.29 is 0 Å². The minimum Gasteiger partial charge on any atom is -0.0622 e. The summed E-state index contributed by atoms with van der Waals surface area (Å²) in [6.45, 7) is 6.89. The minimum atomic E-state index is 0.109. The molecule has 0 N–H and O–H groups in total. The quantitative estimate of drug-likeness (QED) is 0.166. The fourth-order valence-electron chi connectivity index (χ4n) is 8.34. The van der Waals surface area contributed by atoms with Crippen LogP contribution >= 0.6 is 0 Å². The van der Waals surface area contributed by atoms with Gasteiger partial charge in [0.15, 0.2) is 0 Å². The molecule has 0 unspecified atom stereocenters. The monoisotopic (exact) mass is 650 g/mol. The molecule has 10 aromatic rings. The van der Waals surface area contributed by atoms with Crippen LogP contribution in [-0.2, 0) is 11.8 Å². The van der Waals surface area contributed by atoms with Crippen LogP contribution in [0.5, 0.6) is 0 Å². The maximum Gasteiger partial charge on any atom is -0.00206 e. The summed E-state index contributed by atoms with van der Waals surface area (Å²) in [7, 11) is 0. The molecule has 51 heavy (non-hydrogen) atoms. The van der Waals surface area contributed by atoms with Gasteiger partial charge in [0.25, 0.3) is 0 Å². The van der Waals surface area contributed by atoms with Gasteiger partial charge in [0.2, 0.25) is 0 Å². The van der Waals surface area contributed by atoms with Crippen LogP contribution in [0.2, 0.25) is 0 Å². The lowest BCUT2D eigenvalue weighted by Gasteiger charge is -2.22. The van der Waals surface area contributed by atoms with Gasteiger partial charge in [-0.3, -0.25) is 0 Å². The zero-order valence-corrected chi connectivity index (χ0v) is 29.3. The van der Waals surface area contributed by atoms with Crippen LogP contribution in [0.25, 0.3) is 86.9 Å². The minimum absolute atomic E-state index is 0.109. The smallest absolute Gasteiger partial charge is 0.00206 e. The van der Waals surface area contributed by atoms with Crippen molar-refractivity contribution in [2.45, 2.75) is 32.6 Å². The van der Waals surface area contributed by atoms with Gasteiger partial charge < -0.3 is 0 Å². The van der Waals surface area contributed by atoms with E-state index < -0.39 is 0 Å². The highest BCUT2D eigenvalue weighted by atomic mass is 14.2. The number of rotatable bonds is 4. The van der Waals surface area contributed by atoms with Crippen molar-refractivity contribution in [1.82, 2.24) is 0 Å². The summed E-state index contributed by atoms with van der Waals surface area (Å²) in [4.78, 5) is 0. The van der Waals surface area contributed by atoms with Gasteiger partial charge in [-0.2, -0.15) is 0 Å². The topological polar surface area (TPSA) is 0 Å². The summed E-state index contributed by atoms with van der Waals surface area (Å²) in [6.07, 6.45) is 0.953. The van der Waals surface area contributed by atoms with Crippen molar-refractivity contribution in [2.75, 3.05) is 0 Å². The molecule has 0 spiro atoms. The Balaban J connectivity index is 0.997. The lowest BCUT2D eigenvalue weighted by molar-refractivity contribution is 0.591. The lowest BCUT2D eigenvalue weighted by Crippen LogP contribution is -2.10. The molecule has 0 amide bonds. The van der Waals surface area contributed by atoms with Gasteiger partial charge in [-0.15, -0.1) is 0 Å². The van der Waals surface area contributed by atoms with Crippen LogP contribution in [0.15, 0.2) is 164 Å². The number of hydrogen-bond donors (Lipinski definition) is 0. The Bertz CT molecular complexity index is 2940. The number of hydrogen-bond acceptors (Lipinski definition) is 0. The maximum absolute atomic E-state index is 2.39. The third kappa shape index (κ3) is 5.05. The van der Waals surface area contributed by atoms with Crippen molar-refractivity contribution in [2.24, 2.45) is 0 Å². The van der Waals surface area contributed by atoms with Crippen LogP contribution in [0.4, 0.5) is 0 Å². The second-order valence-electron chi connectivity index (χ2n) is 15.4. The summed E-state index contributed by atoms with van der Waals surface area (Å²) in [5, 5.41) is 15.7. The highest BCUT2D eigenvalue weighted by molar-refractivity contribution is 6.25. The molecule has 0 aromatic heterocycles. The summed E-state index contributed by atoms with van der Waals surface area (Å²) in [5.74, 6) is 0. The zero-order chi connectivity index (χ0) is 34.3. The molecule has 0 nitrogen and oxygen atoms in total. The lowest BCUT2D eigenvalue weighted by atomic mass is 9.82. The highest BCUT2D eigenvalue weighted by Gasteiger charge is 2.18. The molecule has 0 aliphatic rings. The molecule has 0 radical (unpaired) electrons. The van der Waals surface area contributed by atoms with Crippen molar-refractivity contribution in [3.63, 3.8) is 0 Å². The predicted molar refractivity (Wildman–Crippen MR) is 221 cm³/mol. The van der Waals surface area contributed by atoms with Gasteiger partial charge in [-0.05, 0) is 134 Å². The third-order valence-electron chi connectivity index (χ3n) is 11.1. The van der Waals surface area contributed by atoms with Crippen molar-refractivity contribution in [3.8, 4) is 22.3 Å². The first-order valence-electron chi connectivity index (χ1n) is 18.1. The van der Waals surface area contributed by atoms with Crippen molar-refractivity contribution in [1.29, 1.82) is 0 Å². The van der Waals surface area contributed by atoms with Crippen LogP contribution in [0.1, 0.15) is 37.5 Å². The summed E-state index contributed by atoms with van der Waals surface area (Å²) < 4.78 is 0. The fraction of sp³-hybridized carbons (Fsp3) is 0.0980. The fourth-order valence-corrected chi connectivity index (χ4v) is 8.34. The predicted octanol–water partition coefficient (Wildman–Crippen LogP) is 14.3. The molecular weight excluding hydrogens is 613 g/mol. The molecular formula is C51H38. The standard InChI is InChI=1S/C51H38/c1-51(2,3)44-30-42-17-10-34-18-22-47(48-24-20-43(31-44)49(42)50(34)48)41-14-13-36-27-35(11-12-37(36)28-41)38-19-23-46-40(29-38)16-15-39-26-33(9-21-45(39)46)25-32-7-5-4-6-8-32/h4-24,26-31H,25H2,1-3H3. The van der Waals surface area contributed by atoms with Gasteiger partial charge in [0.1, 0.15) is 0 Å². The van der Waals surface area contributed by atoms with E-state index in [1.165, 1.54) is 104 Å². The van der Waals surface area contributed by atoms with Gasteiger partial charge in [0, 0.05) is 0 Å². The Kier molecular flexibility index (Phi) is 6.61. The van der Waals surface area contributed by atoms with Gasteiger partial charge in [0.05, 0.1) is 0 Å². The normalized spacial score (nSPS) is 12.3. The molecule has 0 aliphatic carbocycles. The van der Waals surface area contributed by atoms with Gasteiger partial charge >= 0.3 is 0 Å². The van der Waals surface area contributed by atoms with E-state index in [2.05, 4.69) is 185 Å². The van der Waals surface area contributed by atoms with Crippen LogP contribution < -0.4 is 0 Å². The van der Waals surface area contributed by atoms with E-state index >= 15 is 0 Å². The Labute approximate surface area is 298 Å². The molecule has 0 saturated carbocycles. The second-order valence-corrected chi connectivity index (χ2v) is 15.4. The van der Waals surface area contributed by atoms with Crippen LogP contribution in [0.3, 0.4) is 0 Å². The Morgan fingerprint density at radius 1 is 0.353 bits per heavy atom. The van der Waals surface area contributed by atoms with Crippen LogP contribution in [-0.4, -0.2) is 0 Å². The molecule has 242 valence electrons. The second kappa shape index (κ2) is 11.3. The number of fused-ring (bicyclic) bond motifs is 4. The molecule has 0 aliphatic heterocycles. The first-order chi connectivity index (χ1) is 24.9. The Hall–Kier alpha value is -5.98. The summed E-state index contributed by atoms with van der Waals surface area (Å²) >= 11 is 0. The third-order valence-corrected chi connectivity index (χ3v) is 11.1. The molecule has 0 atom stereocenters. The average Bonchev–Trinajstić information content (AvgIpc) is 3.16. The summed E-state index contributed by atoms with van der Waals surface area (Å²) in [6, 6.07) is 61.6. The van der Waals surface area contributed by atoms with E-state index in [0.717, 1.165) is 6.42 Å². The average molecular weight is 651 g/mol. The largest absolute Gasteiger partial charge is 0.0622 e. The van der Waals surface area contributed by atoms with Crippen molar-refractivity contribution in [3.05, 3.63) is 180 Å². The Morgan fingerprint density at radius 2 is 0.882 bits per heavy atom. The van der Waals surface area contributed by atoms with E-state index in [4.69, 9.17) is 0 Å². The summed E-state index contributed by atoms with van der Waals surface area (Å²) in [5.41, 5.74) is 9.21. The maximum atomic E-state index is 2.39. The molecule has 0 saturated heterocycles. The molecule has 0 bridgehead atoms. The van der Waals surface area contributed by atoms with E-state index in [9.17, 15) is 0 Å². The molecule has 10 aromatic carbocycles. The Morgan fingerprint density at radius 3 is 1.63 bits per heavy atom. The first kappa shape index (κ1) is 29.9. The van der Waals surface area contributed by atoms with Crippen molar-refractivity contribution >= 4 is 64.6 Å².